The van der Waals surface area contributed by atoms with Gasteiger partial charge in [-0.2, -0.15) is 0 Å². The van der Waals surface area contributed by atoms with E-state index in [-0.39, 0.29) is 0 Å². The Kier molecular flexibility index (Phi) is 2.66. The van der Waals surface area contributed by atoms with Crippen LogP contribution in [0.3, 0.4) is 0 Å². The van der Waals surface area contributed by atoms with Gasteiger partial charge in [-0.05, 0) is 26.7 Å². The first-order valence-electron chi connectivity index (χ1n) is 6.35. The minimum atomic E-state index is 0.301. The SMILES string of the molecule is Cc1nnc2c(N3CCC(N)CC3C)nccn12. The molecule has 0 aliphatic carbocycles. The van der Waals surface area contributed by atoms with E-state index in [1.54, 1.807) is 6.20 Å². The molecule has 3 heterocycles. The Morgan fingerprint density at radius 2 is 2.22 bits per heavy atom. The van der Waals surface area contributed by atoms with Crippen molar-refractivity contribution in [3.05, 3.63) is 18.2 Å². The van der Waals surface area contributed by atoms with Crippen molar-refractivity contribution in [2.75, 3.05) is 11.4 Å². The van der Waals surface area contributed by atoms with E-state index < -0.39 is 0 Å². The summed E-state index contributed by atoms with van der Waals surface area (Å²) in [6.07, 6.45) is 5.70. The van der Waals surface area contributed by atoms with Crippen molar-refractivity contribution in [2.45, 2.75) is 38.8 Å². The van der Waals surface area contributed by atoms with Crippen LogP contribution in [0.15, 0.2) is 12.4 Å². The summed E-state index contributed by atoms with van der Waals surface area (Å²) in [4.78, 5) is 6.77. The number of piperidine rings is 1. The number of hydrogen-bond acceptors (Lipinski definition) is 5. The monoisotopic (exact) mass is 246 g/mol. The molecule has 6 nitrogen and oxygen atoms in total. The molecule has 1 aliphatic heterocycles. The predicted molar refractivity (Wildman–Crippen MR) is 69.5 cm³/mol. The molecule has 18 heavy (non-hydrogen) atoms. The van der Waals surface area contributed by atoms with Crippen LogP contribution >= 0.6 is 0 Å². The quantitative estimate of drug-likeness (QED) is 0.804. The summed E-state index contributed by atoms with van der Waals surface area (Å²) in [6.45, 7) is 5.06. The molecule has 0 amide bonds. The van der Waals surface area contributed by atoms with Gasteiger partial charge in [-0.25, -0.2) is 4.98 Å². The first-order chi connectivity index (χ1) is 8.66. The maximum Gasteiger partial charge on any atom is 0.203 e. The van der Waals surface area contributed by atoms with E-state index in [9.17, 15) is 0 Å². The second-order valence-corrected chi connectivity index (χ2v) is 5.02. The van der Waals surface area contributed by atoms with E-state index in [1.807, 2.05) is 17.5 Å². The zero-order valence-electron chi connectivity index (χ0n) is 10.7. The van der Waals surface area contributed by atoms with Crippen molar-refractivity contribution in [3.63, 3.8) is 0 Å². The molecule has 1 fully saturated rings. The lowest BCUT2D eigenvalue weighted by Crippen LogP contribution is -2.46. The largest absolute Gasteiger partial charge is 0.351 e. The van der Waals surface area contributed by atoms with Crippen LogP contribution in [-0.2, 0) is 0 Å². The summed E-state index contributed by atoms with van der Waals surface area (Å²) >= 11 is 0. The Hall–Kier alpha value is -1.69. The summed E-state index contributed by atoms with van der Waals surface area (Å²) in [6, 6.07) is 0.694. The van der Waals surface area contributed by atoms with Crippen LogP contribution in [-0.4, -0.2) is 38.2 Å². The summed E-state index contributed by atoms with van der Waals surface area (Å²) in [7, 11) is 0. The van der Waals surface area contributed by atoms with Gasteiger partial charge in [0.25, 0.3) is 0 Å². The first-order valence-corrected chi connectivity index (χ1v) is 6.35. The molecule has 0 radical (unpaired) electrons. The number of nitrogens with zero attached hydrogens (tertiary/aromatic N) is 5. The molecular formula is C12H18N6. The molecular weight excluding hydrogens is 228 g/mol. The van der Waals surface area contributed by atoms with Gasteiger partial charge in [0.15, 0.2) is 5.82 Å². The fraction of sp³-hybridized carbons (Fsp3) is 0.583. The molecule has 2 unspecified atom stereocenters. The van der Waals surface area contributed by atoms with Gasteiger partial charge in [-0.3, -0.25) is 4.40 Å². The van der Waals surface area contributed by atoms with Crippen LogP contribution in [0.2, 0.25) is 0 Å². The van der Waals surface area contributed by atoms with Crippen molar-refractivity contribution < 1.29 is 0 Å². The zero-order chi connectivity index (χ0) is 12.7. The van der Waals surface area contributed by atoms with E-state index in [0.29, 0.717) is 12.1 Å². The minimum Gasteiger partial charge on any atom is -0.351 e. The van der Waals surface area contributed by atoms with Crippen LogP contribution in [0.25, 0.3) is 5.65 Å². The average molecular weight is 246 g/mol. The molecule has 96 valence electrons. The van der Waals surface area contributed by atoms with Crippen LogP contribution in [0.4, 0.5) is 5.82 Å². The summed E-state index contributed by atoms with van der Waals surface area (Å²) in [5.41, 5.74) is 6.83. The molecule has 3 rings (SSSR count). The van der Waals surface area contributed by atoms with Gasteiger partial charge in [-0.15, -0.1) is 10.2 Å². The summed E-state index contributed by atoms with van der Waals surface area (Å²) in [5, 5.41) is 8.34. The highest BCUT2D eigenvalue weighted by Crippen LogP contribution is 2.25. The third-order valence-electron chi connectivity index (χ3n) is 3.67. The molecule has 0 spiro atoms. The van der Waals surface area contributed by atoms with Gasteiger partial charge in [0.2, 0.25) is 5.65 Å². The maximum atomic E-state index is 6.00. The lowest BCUT2D eigenvalue weighted by Gasteiger charge is -2.37. The molecule has 0 saturated carbocycles. The molecule has 6 heteroatoms. The Morgan fingerprint density at radius 1 is 1.39 bits per heavy atom. The van der Waals surface area contributed by atoms with Gasteiger partial charge >= 0.3 is 0 Å². The first kappa shape index (κ1) is 11.4. The van der Waals surface area contributed by atoms with Crippen molar-refractivity contribution in [2.24, 2.45) is 5.73 Å². The second-order valence-electron chi connectivity index (χ2n) is 5.02. The number of aryl methyl sites for hydroxylation is 1. The number of fused-ring (bicyclic) bond motifs is 1. The normalized spacial score (nSPS) is 24.7. The second kappa shape index (κ2) is 4.20. The third kappa shape index (κ3) is 1.73. The zero-order valence-corrected chi connectivity index (χ0v) is 10.7. The van der Waals surface area contributed by atoms with E-state index in [2.05, 4.69) is 27.0 Å². The number of hydrogen-bond donors (Lipinski definition) is 1. The highest BCUT2D eigenvalue weighted by atomic mass is 15.3. The lowest BCUT2D eigenvalue weighted by molar-refractivity contribution is 0.427. The number of aromatic nitrogens is 4. The van der Waals surface area contributed by atoms with Gasteiger partial charge in [0.1, 0.15) is 5.82 Å². The lowest BCUT2D eigenvalue weighted by atomic mass is 9.99. The standard InChI is InChI=1S/C12H18N6/c1-8-7-10(13)3-5-17(8)11-12-16-15-9(2)18(12)6-4-14-11/h4,6,8,10H,3,5,7,13H2,1-2H3. The fourth-order valence-electron chi connectivity index (χ4n) is 2.65. The van der Waals surface area contributed by atoms with Crippen LogP contribution in [0, 0.1) is 6.92 Å². The maximum absolute atomic E-state index is 6.00. The van der Waals surface area contributed by atoms with E-state index in [0.717, 1.165) is 36.7 Å². The fourth-order valence-corrected chi connectivity index (χ4v) is 2.65. The van der Waals surface area contributed by atoms with Crippen molar-refractivity contribution >= 4 is 11.5 Å². The van der Waals surface area contributed by atoms with E-state index in [1.165, 1.54) is 0 Å². The highest BCUT2D eigenvalue weighted by molar-refractivity contribution is 5.64. The Bertz CT molecular complexity index is 563. The molecule has 1 aliphatic rings. The summed E-state index contributed by atoms with van der Waals surface area (Å²) in [5.74, 6) is 1.80. The Balaban J connectivity index is 2.04. The number of nitrogens with two attached hydrogens (primary N) is 1. The molecule has 2 aromatic rings. The average Bonchev–Trinajstić information content (AvgIpc) is 2.72. The topological polar surface area (TPSA) is 72.3 Å². The Morgan fingerprint density at radius 3 is 3.00 bits per heavy atom. The van der Waals surface area contributed by atoms with Crippen molar-refractivity contribution in [1.82, 2.24) is 19.6 Å². The van der Waals surface area contributed by atoms with Crippen LogP contribution in [0.5, 0.6) is 0 Å². The number of rotatable bonds is 1. The van der Waals surface area contributed by atoms with E-state index in [4.69, 9.17) is 5.73 Å². The van der Waals surface area contributed by atoms with Gasteiger partial charge in [0, 0.05) is 31.0 Å². The smallest absolute Gasteiger partial charge is 0.203 e. The molecule has 2 N–H and O–H groups in total. The predicted octanol–water partition coefficient (Wildman–Crippen LogP) is 0.749. The molecule has 0 aromatic carbocycles. The summed E-state index contributed by atoms with van der Waals surface area (Å²) < 4.78 is 1.98. The highest BCUT2D eigenvalue weighted by Gasteiger charge is 2.26. The molecule has 1 saturated heterocycles. The molecule has 0 bridgehead atoms. The Labute approximate surface area is 106 Å². The molecule has 2 aromatic heterocycles. The van der Waals surface area contributed by atoms with Crippen LogP contribution < -0.4 is 10.6 Å². The van der Waals surface area contributed by atoms with Gasteiger partial charge in [0.05, 0.1) is 0 Å². The molecule has 2 atom stereocenters. The third-order valence-corrected chi connectivity index (χ3v) is 3.67. The van der Waals surface area contributed by atoms with Crippen molar-refractivity contribution in [3.8, 4) is 0 Å². The minimum absolute atomic E-state index is 0.301. The van der Waals surface area contributed by atoms with Gasteiger partial charge in [-0.1, -0.05) is 0 Å². The van der Waals surface area contributed by atoms with Crippen molar-refractivity contribution in [1.29, 1.82) is 0 Å². The number of anilines is 1. The van der Waals surface area contributed by atoms with Gasteiger partial charge < -0.3 is 10.6 Å². The van der Waals surface area contributed by atoms with E-state index >= 15 is 0 Å². The van der Waals surface area contributed by atoms with Crippen LogP contribution in [0.1, 0.15) is 25.6 Å².